The Balaban J connectivity index is 1.74. The van der Waals surface area contributed by atoms with E-state index in [2.05, 4.69) is 41.7 Å². The number of halogens is 1. The highest BCUT2D eigenvalue weighted by molar-refractivity contribution is 7.09. The molecule has 1 saturated heterocycles. The maximum Gasteiger partial charge on any atom is 0.193 e. The first-order valence-corrected chi connectivity index (χ1v) is 10.9. The summed E-state index contributed by atoms with van der Waals surface area (Å²) in [6, 6.07) is 11.2. The SMILES string of the molecule is CCNC(=NCC1(c2ccc(F)cc2)CCOCC1)N(C)CCc1cccs1. The largest absolute Gasteiger partial charge is 0.381 e. The van der Waals surface area contributed by atoms with Crippen LogP contribution in [0.3, 0.4) is 0 Å². The maximum absolute atomic E-state index is 13.4. The van der Waals surface area contributed by atoms with Crippen LogP contribution in [-0.4, -0.2) is 50.8 Å². The molecule has 0 radical (unpaired) electrons. The highest BCUT2D eigenvalue weighted by Crippen LogP contribution is 2.35. The second-order valence-electron chi connectivity index (χ2n) is 7.32. The smallest absolute Gasteiger partial charge is 0.193 e. The number of hydrogen-bond donors (Lipinski definition) is 1. The third-order valence-electron chi connectivity index (χ3n) is 5.41. The Morgan fingerprint density at radius 3 is 2.64 bits per heavy atom. The van der Waals surface area contributed by atoms with Crippen molar-refractivity contribution in [3.63, 3.8) is 0 Å². The standard InChI is InChI=1S/C22H30FN3OS/c1-3-24-21(26(2)13-10-20-5-4-16-28-20)25-17-22(11-14-27-15-12-22)18-6-8-19(23)9-7-18/h4-9,16H,3,10-15,17H2,1-2H3,(H,24,25). The number of aliphatic imine (C=N–C) groups is 1. The van der Waals surface area contributed by atoms with Crippen molar-refractivity contribution in [3.05, 3.63) is 58.0 Å². The van der Waals surface area contributed by atoms with Gasteiger partial charge < -0.3 is 15.0 Å². The van der Waals surface area contributed by atoms with Crippen LogP contribution >= 0.6 is 11.3 Å². The molecule has 2 aromatic rings. The van der Waals surface area contributed by atoms with Gasteiger partial charge in [-0.3, -0.25) is 4.99 Å². The third kappa shape index (κ3) is 5.32. The second kappa shape index (κ2) is 10.0. The van der Waals surface area contributed by atoms with Crippen molar-refractivity contribution in [2.75, 3.05) is 39.9 Å². The van der Waals surface area contributed by atoms with E-state index in [-0.39, 0.29) is 11.2 Å². The summed E-state index contributed by atoms with van der Waals surface area (Å²) in [5.74, 6) is 0.725. The highest BCUT2D eigenvalue weighted by Gasteiger charge is 2.34. The number of rotatable bonds is 7. The lowest BCUT2D eigenvalue weighted by atomic mass is 9.74. The third-order valence-corrected chi connectivity index (χ3v) is 6.34. The number of hydrogen-bond acceptors (Lipinski definition) is 3. The van der Waals surface area contributed by atoms with Gasteiger partial charge in [0, 0.05) is 43.6 Å². The van der Waals surface area contributed by atoms with Crippen molar-refractivity contribution in [1.82, 2.24) is 10.2 Å². The molecule has 1 aromatic carbocycles. The van der Waals surface area contributed by atoms with Crippen LogP contribution in [0, 0.1) is 5.82 Å². The minimum Gasteiger partial charge on any atom is -0.381 e. The molecule has 1 fully saturated rings. The number of benzene rings is 1. The molecule has 0 amide bonds. The number of nitrogens with zero attached hydrogens (tertiary/aromatic N) is 2. The predicted octanol–water partition coefficient (Wildman–Crippen LogP) is 4.08. The summed E-state index contributed by atoms with van der Waals surface area (Å²) >= 11 is 1.79. The average Bonchev–Trinajstić information content (AvgIpc) is 3.24. The van der Waals surface area contributed by atoms with E-state index in [9.17, 15) is 4.39 Å². The Bertz CT molecular complexity index is 740. The van der Waals surface area contributed by atoms with E-state index >= 15 is 0 Å². The van der Waals surface area contributed by atoms with Crippen molar-refractivity contribution in [2.24, 2.45) is 4.99 Å². The minimum absolute atomic E-state index is 0.0960. The zero-order valence-corrected chi connectivity index (χ0v) is 17.6. The fraction of sp³-hybridized carbons (Fsp3) is 0.500. The molecule has 2 heterocycles. The van der Waals surface area contributed by atoms with Gasteiger partial charge in [0.15, 0.2) is 5.96 Å². The van der Waals surface area contributed by atoms with Crippen LogP contribution in [0.25, 0.3) is 0 Å². The Labute approximate surface area is 171 Å². The molecule has 0 spiro atoms. The molecular formula is C22H30FN3OS. The van der Waals surface area contributed by atoms with Crippen molar-refractivity contribution < 1.29 is 9.13 Å². The van der Waals surface area contributed by atoms with E-state index in [0.717, 1.165) is 57.1 Å². The van der Waals surface area contributed by atoms with Gasteiger partial charge in [-0.1, -0.05) is 18.2 Å². The molecule has 0 unspecified atom stereocenters. The van der Waals surface area contributed by atoms with E-state index in [1.807, 2.05) is 12.1 Å². The Morgan fingerprint density at radius 2 is 2.00 bits per heavy atom. The molecule has 4 nitrogen and oxygen atoms in total. The molecule has 1 aliphatic rings. The summed E-state index contributed by atoms with van der Waals surface area (Å²) in [4.78, 5) is 8.57. The van der Waals surface area contributed by atoms with Gasteiger partial charge in [-0.25, -0.2) is 4.39 Å². The lowest BCUT2D eigenvalue weighted by Crippen LogP contribution is -2.42. The van der Waals surface area contributed by atoms with E-state index in [1.54, 1.807) is 23.5 Å². The van der Waals surface area contributed by atoms with E-state index in [1.165, 1.54) is 4.88 Å². The van der Waals surface area contributed by atoms with E-state index < -0.39 is 0 Å². The normalized spacial score (nSPS) is 16.8. The summed E-state index contributed by atoms with van der Waals surface area (Å²) in [5.41, 5.74) is 1.05. The molecule has 152 valence electrons. The van der Waals surface area contributed by atoms with Crippen LogP contribution < -0.4 is 5.32 Å². The number of likely N-dealkylation sites (N-methyl/N-ethyl adjacent to an activating group) is 1. The van der Waals surface area contributed by atoms with Crippen molar-refractivity contribution in [3.8, 4) is 0 Å². The molecule has 0 saturated carbocycles. The van der Waals surface area contributed by atoms with Gasteiger partial charge in [-0.2, -0.15) is 0 Å². The monoisotopic (exact) mass is 403 g/mol. The van der Waals surface area contributed by atoms with Crippen molar-refractivity contribution in [1.29, 1.82) is 0 Å². The molecule has 3 rings (SSSR count). The molecule has 0 atom stereocenters. The Kier molecular flexibility index (Phi) is 7.45. The van der Waals surface area contributed by atoms with Gasteiger partial charge in [0.2, 0.25) is 0 Å². The molecule has 28 heavy (non-hydrogen) atoms. The van der Waals surface area contributed by atoms with Crippen LogP contribution in [-0.2, 0) is 16.6 Å². The van der Waals surface area contributed by atoms with Gasteiger partial charge in [-0.15, -0.1) is 11.3 Å². The molecule has 6 heteroatoms. The first kappa shape index (κ1) is 20.8. The lowest BCUT2D eigenvalue weighted by molar-refractivity contribution is 0.0530. The number of nitrogens with one attached hydrogen (secondary N) is 1. The Morgan fingerprint density at radius 1 is 1.25 bits per heavy atom. The molecular weight excluding hydrogens is 373 g/mol. The van der Waals surface area contributed by atoms with Gasteiger partial charge in [0.1, 0.15) is 5.82 Å². The summed E-state index contributed by atoms with van der Waals surface area (Å²) in [6.45, 7) is 5.95. The quantitative estimate of drug-likeness (QED) is 0.559. The van der Waals surface area contributed by atoms with Crippen molar-refractivity contribution >= 4 is 17.3 Å². The molecule has 1 N–H and O–H groups in total. The summed E-state index contributed by atoms with van der Waals surface area (Å²) in [7, 11) is 2.09. The van der Waals surface area contributed by atoms with Crippen molar-refractivity contribution in [2.45, 2.75) is 31.6 Å². The molecule has 1 aromatic heterocycles. The zero-order valence-electron chi connectivity index (χ0n) is 16.8. The van der Waals surface area contributed by atoms with Gasteiger partial charge in [0.05, 0.1) is 6.54 Å². The first-order valence-electron chi connectivity index (χ1n) is 9.98. The summed E-state index contributed by atoms with van der Waals surface area (Å²) < 4.78 is 19.0. The topological polar surface area (TPSA) is 36.9 Å². The Hall–Kier alpha value is -1.92. The molecule has 0 aliphatic carbocycles. The summed E-state index contributed by atoms with van der Waals surface area (Å²) in [5, 5.41) is 5.54. The van der Waals surface area contributed by atoms with E-state index in [4.69, 9.17) is 9.73 Å². The van der Waals surface area contributed by atoms with Gasteiger partial charge in [-0.05, 0) is 55.3 Å². The van der Waals surface area contributed by atoms with Crippen LogP contribution in [0.1, 0.15) is 30.2 Å². The predicted molar refractivity (Wildman–Crippen MR) is 115 cm³/mol. The number of guanidine groups is 1. The lowest BCUT2D eigenvalue weighted by Gasteiger charge is -2.37. The van der Waals surface area contributed by atoms with Gasteiger partial charge in [0.25, 0.3) is 0 Å². The first-order chi connectivity index (χ1) is 13.6. The number of ether oxygens (including phenoxy) is 1. The van der Waals surface area contributed by atoms with Crippen LogP contribution in [0.4, 0.5) is 4.39 Å². The fourth-order valence-corrected chi connectivity index (χ4v) is 4.34. The highest BCUT2D eigenvalue weighted by atomic mass is 32.1. The fourth-order valence-electron chi connectivity index (χ4n) is 3.64. The zero-order chi connectivity index (χ0) is 19.8. The molecule has 1 aliphatic heterocycles. The van der Waals surface area contributed by atoms with Crippen LogP contribution in [0.5, 0.6) is 0 Å². The number of thiophene rings is 1. The van der Waals surface area contributed by atoms with Gasteiger partial charge >= 0.3 is 0 Å². The maximum atomic E-state index is 13.4. The second-order valence-corrected chi connectivity index (χ2v) is 8.35. The van der Waals surface area contributed by atoms with Crippen LogP contribution in [0.2, 0.25) is 0 Å². The van der Waals surface area contributed by atoms with E-state index in [0.29, 0.717) is 6.54 Å². The molecule has 0 bridgehead atoms. The average molecular weight is 404 g/mol. The minimum atomic E-state index is -0.198. The van der Waals surface area contributed by atoms with Crippen LogP contribution in [0.15, 0.2) is 46.8 Å². The summed E-state index contributed by atoms with van der Waals surface area (Å²) in [6.07, 6.45) is 2.82.